The van der Waals surface area contributed by atoms with Crippen molar-refractivity contribution in [3.05, 3.63) is 12.2 Å². The summed E-state index contributed by atoms with van der Waals surface area (Å²) < 4.78 is 33.7. The Hall–Kier alpha value is -0.420. The molecule has 7 heteroatoms. The summed E-state index contributed by atoms with van der Waals surface area (Å²) in [5.74, 6) is -1.11. The monoisotopic (exact) mass is 278 g/mol. The molecule has 16 heavy (non-hydrogen) atoms. The predicted octanol–water partition coefficient (Wildman–Crippen LogP) is 3.78. The molecule has 0 aromatic heterocycles. The molecule has 1 N–H and O–H groups in total. The molecule has 0 atom stereocenters. The van der Waals surface area contributed by atoms with Crippen LogP contribution in [0.4, 0.5) is 13.2 Å². The van der Waals surface area contributed by atoms with Crippen LogP contribution in [-0.4, -0.2) is 21.6 Å². The van der Waals surface area contributed by atoms with Crippen LogP contribution in [0.15, 0.2) is 12.2 Å². The van der Waals surface area contributed by atoms with Gasteiger partial charge >= 0.3 is 12.1 Å². The van der Waals surface area contributed by atoms with E-state index < -0.39 is 21.9 Å². The van der Waals surface area contributed by atoms with E-state index in [-0.39, 0.29) is 6.42 Å². The summed E-state index contributed by atoms with van der Waals surface area (Å²) in [5.41, 5.74) is -0.952. The fourth-order valence-electron chi connectivity index (χ4n) is 0.873. The molecule has 0 aliphatic heterocycles. The third-order valence-electron chi connectivity index (χ3n) is 1.73. The van der Waals surface area contributed by atoms with Gasteiger partial charge in [-0.2, -0.15) is 13.2 Å². The summed E-state index contributed by atoms with van der Waals surface area (Å²) in [6.45, 7) is 2.94. The van der Waals surface area contributed by atoms with Crippen LogP contribution in [-0.2, 0) is 4.79 Å². The Morgan fingerprint density at radius 2 is 1.69 bits per heavy atom. The quantitative estimate of drug-likeness (QED) is 0.628. The second-order valence-corrected chi connectivity index (χ2v) is 5.40. The molecule has 0 spiro atoms. The van der Waals surface area contributed by atoms with Gasteiger partial charge in [0.15, 0.2) is 0 Å². The third-order valence-corrected chi connectivity index (χ3v) is 2.41. The molecule has 0 aromatic carbocycles. The van der Waals surface area contributed by atoms with Crippen molar-refractivity contribution in [1.82, 2.24) is 0 Å². The molecule has 0 fully saturated rings. The first-order chi connectivity index (χ1) is 6.87. The number of halogens is 5. The molecule has 0 radical (unpaired) electrons. The maximum absolute atomic E-state index is 12.2. The van der Waals surface area contributed by atoms with Crippen molar-refractivity contribution in [1.29, 1.82) is 0 Å². The zero-order chi connectivity index (χ0) is 13.2. The summed E-state index contributed by atoms with van der Waals surface area (Å²) >= 11 is 10.1. The van der Waals surface area contributed by atoms with E-state index in [1.165, 1.54) is 13.8 Å². The van der Waals surface area contributed by atoms with Crippen molar-refractivity contribution in [2.45, 2.75) is 30.8 Å². The van der Waals surface area contributed by atoms with Crippen molar-refractivity contribution >= 4 is 29.2 Å². The van der Waals surface area contributed by atoms with Gasteiger partial charge < -0.3 is 5.11 Å². The zero-order valence-electron chi connectivity index (χ0n) is 8.61. The number of rotatable bonds is 4. The Morgan fingerprint density at radius 1 is 1.25 bits per heavy atom. The first kappa shape index (κ1) is 15.6. The van der Waals surface area contributed by atoms with E-state index in [1.807, 2.05) is 0 Å². The number of hydrogen-bond donors (Lipinski definition) is 1. The molecule has 0 unspecified atom stereocenters. The molecule has 0 aromatic rings. The number of hydrogen-bond acceptors (Lipinski definition) is 1. The molecule has 0 amide bonds. The zero-order valence-corrected chi connectivity index (χ0v) is 10.1. The Labute approximate surface area is 101 Å². The van der Waals surface area contributed by atoms with Crippen molar-refractivity contribution in [3.8, 4) is 0 Å². The van der Waals surface area contributed by atoms with E-state index in [1.54, 1.807) is 0 Å². The van der Waals surface area contributed by atoms with E-state index in [0.29, 0.717) is 6.08 Å². The van der Waals surface area contributed by atoms with E-state index in [4.69, 9.17) is 28.3 Å². The molecular weight excluding hydrogens is 268 g/mol. The first-order valence-electron chi connectivity index (χ1n) is 4.24. The van der Waals surface area contributed by atoms with Crippen molar-refractivity contribution in [2.75, 3.05) is 0 Å². The van der Waals surface area contributed by atoms with Crippen molar-refractivity contribution in [3.63, 3.8) is 0 Å². The second-order valence-electron chi connectivity index (χ2n) is 4.01. The Bertz CT molecular complexity index is 296. The Balaban J connectivity index is 4.78. The van der Waals surface area contributed by atoms with Gasteiger partial charge in [-0.1, -0.05) is 43.1 Å². The normalized spacial score (nSPS) is 14.4. The molecule has 94 valence electrons. The SMILES string of the molecule is CC(C)(C=CC(Cl)(Cl)C(F)(F)F)CC(=O)O. The van der Waals surface area contributed by atoms with E-state index in [0.717, 1.165) is 6.08 Å². The van der Waals surface area contributed by atoms with Crippen LogP contribution < -0.4 is 0 Å². The highest BCUT2D eigenvalue weighted by Gasteiger charge is 2.50. The highest BCUT2D eigenvalue weighted by atomic mass is 35.5. The van der Waals surface area contributed by atoms with Crippen LogP contribution in [0.2, 0.25) is 0 Å². The second kappa shape index (κ2) is 4.84. The molecule has 0 bridgehead atoms. The minimum absolute atomic E-state index is 0.314. The number of carboxylic acid groups (broad SMARTS) is 1. The number of carboxylic acids is 1. The summed E-state index contributed by atoms with van der Waals surface area (Å²) in [7, 11) is 0. The Kier molecular flexibility index (Phi) is 4.71. The van der Waals surface area contributed by atoms with Gasteiger partial charge in [-0.25, -0.2) is 0 Å². The highest BCUT2D eigenvalue weighted by Crippen LogP contribution is 2.42. The standard InChI is InChI=1S/C9H11Cl2F3O2/c1-7(2,5-6(15)16)3-4-8(10,11)9(12,13)14/h3-4H,5H2,1-2H3,(H,15,16). The van der Waals surface area contributed by atoms with Crippen LogP contribution in [0, 0.1) is 5.41 Å². The highest BCUT2D eigenvalue weighted by molar-refractivity contribution is 6.50. The molecule has 0 saturated carbocycles. The maximum atomic E-state index is 12.2. The minimum Gasteiger partial charge on any atom is -0.481 e. The van der Waals surface area contributed by atoms with Gasteiger partial charge in [-0.3, -0.25) is 4.79 Å². The lowest BCUT2D eigenvalue weighted by Crippen LogP contribution is -2.32. The molecule has 0 saturated heterocycles. The van der Waals surface area contributed by atoms with Gasteiger partial charge in [-0.15, -0.1) is 0 Å². The maximum Gasteiger partial charge on any atom is 0.425 e. The first-order valence-corrected chi connectivity index (χ1v) is 5.00. The van der Waals surface area contributed by atoms with Crippen LogP contribution >= 0.6 is 23.2 Å². The van der Waals surface area contributed by atoms with Crippen LogP contribution in [0.1, 0.15) is 20.3 Å². The predicted molar refractivity (Wildman–Crippen MR) is 55.7 cm³/mol. The molecule has 0 heterocycles. The minimum atomic E-state index is -4.80. The number of alkyl halides is 5. The van der Waals surface area contributed by atoms with Gasteiger partial charge in [0.05, 0.1) is 6.42 Å². The summed E-state index contributed by atoms with van der Waals surface area (Å²) in [4.78, 5) is 10.4. The van der Waals surface area contributed by atoms with Crippen molar-refractivity contribution < 1.29 is 23.1 Å². The van der Waals surface area contributed by atoms with Gasteiger partial charge in [-0.05, 0) is 11.5 Å². The largest absolute Gasteiger partial charge is 0.481 e. The molecule has 0 aliphatic carbocycles. The van der Waals surface area contributed by atoms with E-state index in [9.17, 15) is 18.0 Å². The third kappa shape index (κ3) is 5.07. The molecular formula is C9H11Cl2F3O2. The lowest BCUT2D eigenvalue weighted by molar-refractivity contribution is -0.138. The lowest BCUT2D eigenvalue weighted by Gasteiger charge is -2.22. The van der Waals surface area contributed by atoms with Gasteiger partial charge in [0.1, 0.15) is 0 Å². The molecule has 2 nitrogen and oxygen atoms in total. The number of carbonyl (C=O) groups is 1. The average Bonchev–Trinajstić information content (AvgIpc) is 1.96. The van der Waals surface area contributed by atoms with Crippen LogP contribution in [0.3, 0.4) is 0 Å². The summed E-state index contributed by atoms with van der Waals surface area (Å²) in [5, 5.41) is 8.52. The smallest absolute Gasteiger partial charge is 0.425 e. The molecule has 0 rings (SSSR count). The average molecular weight is 279 g/mol. The van der Waals surface area contributed by atoms with Gasteiger partial charge in [0, 0.05) is 0 Å². The Morgan fingerprint density at radius 3 is 2.00 bits per heavy atom. The summed E-state index contributed by atoms with van der Waals surface area (Å²) in [6, 6.07) is 0. The summed E-state index contributed by atoms with van der Waals surface area (Å²) in [6.07, 6.45) is -3.51. The van der Waals surface area contributed by atoms with Gasteiger partial charge in [0.25, 0.3) is 0 Å². The fraction of sp³-hybridized carbons (Fsp3) is 0.667. The number of allylic oxidation sites excluding steroid dienone is 2. The van der Waals surface area contributed by atoms with E-state index >= 15 is 0 Å². The van der Waals surface area contributed by atoms with Crippen molar-refractivity contribution in [2.24, 2.45) is 5.41 Å². The van der Waals surface area contributed by atoms with Crippen LogP contribution in [0.25, 0.3) is 0 Å². The fourth-order valence-corrected chi connectivity index (χ4v) is 0.999. The van der Waals surface area contributed by atoms with Gasteiger partial charge in [0.2, 0.25) is 4.33 Å². The lowest BCUT2D eigenvalue weighted by atomic mass is 9.89. The topological polar surface area (TPSA) is 37.3 Å². The van der Waals surface area contributed by atoms with Crippen LogP contribution in [0.5, 0.6) is 0 Å². The number of aliphatic carboxylic acids is 1. The molecule has 0 aliphatic rings. The van der Waals surface area contributed by atoms with E-state index in [2.05, 4.69) is 0 Å².